The first kappa shape index (κ1) is 21.4. The molecule has 8 heteroatoms. The molecule has 0 spiro atoms. The van der Waals surface area contributed by atoms with Crippen molar-refractivity contribution < 1.29 is 19.0 Å². The van der Waals surface area contributed by atoms with Gasteiger partial charge >= 0.3 is 0 Å². The van der Waals surface area contributed by atoms with Crippen LogP contribution in [0.15, 0.2) is 54.6 Å². The topological polar surface area (TPSA) is 77.0 Å². The molecule has 1 aliphatic rings. The average molecular weight is 434 g/mol. The molecular weight excluding hydrogens is 408 g/mol. The van der Waals surface area contributed by atoms with Gasteiger partial charge < -0.3 is 24.0 Å². The van der Waals surface area contributed by atoms with Crippen LogP contribution in [0.5, 0.6) is 23.1 Å². The van der Waals surface area contributed by atoms with E-state index in [1.165, 1.54) is 0 Å². The van der Waals surface area contributed by atoms with Gasteiger partial charge in [-0.25, -0.2) is 4.98 Å². The summed E-state index contributed by atoms with van der Waals surface area (Å²) >= 11 is 0. The Hall–Kier alpha value is -3.81. The number of hydrogen-bond acceptors (Lipinski definition) is 7. The molecule has 1 amide bonds. The number of aromatic nitrogens is 2. The van der Waals surface area contributed by atoms with E-state index in [1.807, 2.05) is 48.2 Å². The number of benzene rings is 2. The van der Waals surface area contributed by atoms with Crippen LogP contribution in [0.1, 0.15) is 16.2 Å². The maximum Gasteiger partial charge on any atom is 0.254 e. The van der Waals surface area contributed by atoms with Gasteiger partial charge in [0.1, 0.15) is 28.9 Å². The van der Waals surface area contributed by atoms with E-state index < -0.39 is 0 Å². The molecule has 1 aliphatic heterocycles. The minimum absolute atomic E-state index is 0.0474. The summed E-state index contributed by atoms with van der Waals surface area (Å²) < 4.78 is 16.5. The molecule has 0 bridgehead atoms. The van der Waals surface area contributed by atoms with Crippen LogP contribution in [0.2, 0.25) is 0 Å². The summed E-state index contributed by atoms with van der Waals surface area (Å²) in [7, 11) is 3.14. The zero-order valence-electron chi connectivity index (χ0n) is 18.4. The van der Waals surface area contributed by atoms with Crippen molar-refractivity contribution in [3.8, 4) is 23.1 Å². The van der Waals surface area contributed by atoms with E-state index in [0.29, 0.717) is 54.9 Å². The summed E-state index contributed by atoms with van der Waals surface area (Å²) in [6, 6.07) is 16.6. The quantitative estimate of drug-likeness (QED) is 0.587. The van der Waals surface area contributed by atoms with Crippen LogP contribution < -0.4 is 19.1 Å². The molecule has 0 atom stereocenters. The monoisotopic (exact) mass is 434 g/mol. The minimum Gasteiger partial charge on any atom is -0.497 e. The number of anilines is 1. The van der Waals surface area contributed by atoms with Gasteiger partial charge in [0.15, 0.2) is 0 Å². The third-order valence-electron chi connectivity index (χ3n) is 5.26. The highest BCUT2D eigenvalue weighted by Crippen LogP contribution is 2.26. The second-order valence-electron chi connectivity index (χ2n) is 7.41. The number of methoxy groups -OCH3 is 2. The molecular formula is C24H26N4O4. The number of carbonyl (C=O) groups is 1. The van der Waals surface area contributed by atoms with Crippen molar-refractivity contribution >= 4 is 11.7 Å². The van der Waals surface area contributed by atoms with Gasteiger partial charge in [0, 0.05) is 43.9 Å². The first-order valence-corrected chi connectivity index (χ1v) is 10.4. The Labute approximate surface area is 187 Å². The van der Waals surface area contributed by atoms with Crippen molar-refractivity contribution in [2.75, 3.05) is 45.3 Å². The van der Waals surface area contributed by atoms with E-state index in [1.54, 1.807) is 32.4 Å². The van der Waals surface area contributed by atoms with E-state index in [2.05, 4.69) is 14.9 Å². The number of amides is 1. The molecule has 32 heavy (non-hydrogen) atoms. The van der Waals surface area contributed by atoms with Crippen LogP contribution in [0, 0.1) is 6.92 Å². The molecule has 1 fully saturated rings. The van der Waals surface area contributed by atoms with E-state index in [4.69, 9.17) is 14.2 Å². The number of para-hydroxylation sites is 1. The molecule has 0 unspecified atom stereocenters. The van der Waals surface area contributed by atoms with Crippen molar-refractivity contribution in [2.45, 2.75) is 6.92 Å². The number of carbonyl (C=O) groups excluding carboxylic acids is 1. The highest BCUT2D eigenvalue weighted by Gasteiger charge is 2.24. The number of hydrogen-bond donors (Lipinski definition) is 0. The molecule has 2 heterocycles. The summed E-state index contributed by atoms with van der Waals surface area (Å²) in [6.45, 7) is 4.33. The number of aryl methyl sites for hydroxylation is 1. The van der Waals surface area contributed by atoms with Crippen molar-refractivity contribution in [3.05, 3.63) is 66.0 Å². The van der Waals surface area contributed by atoms with E-state index >= 15 is 0 Å². The summed E-state index contributed by atoms with van der Waals surface area (Å²) in [5.74, 6) is 3.78. The number of piperazine rings is 1. The maximum atomic E-state index is 13.0. The summed E-state index contributed by atoms with van der Waals surface area (Å²) in [4.78, 5) is 26.0. The summed E-state index contributed by atoms with van der Waals surface area (Å²) in [5, 5.41) is 0. The van der Waals surface area contributed by atoms with Crippen LogP contribution >= 0.6 is 0 Å². The van der Waals surface area contributed by atoms with Crippen molar-refractivity contribution in [1.29, 1.82) is 0 Å². The smallest absolute Gasteiger partial charge is 0.254 e. The van der Waals surface area contributed by atoms with Gasteiger partial charge in [-0.15, -0.1) is 0 Å². The molecule has 166 valence electrons. The second kappa shape index (κ2) is 9.55. The molecule has 1 saturated heterocycles. The first-order valence-electron chi connectivity index (χ1n) is 10.4. The Morgan fingerprint density at radius 2 is 1.50 bits per heavy atom. The molecule has 0 aliphatic carbocycles. The van der Waals surface area contributed by atoms with Gasteiger partial charge in [0.05, 0.1) is 14.2 Å². The number of ether oxygens (including phenoxy) is 3. The molecule has 0 saturated carbocycles. The summed E-state index contributed by atoms with van der Waals surface area (Å²) in [5.41, 5.74) is 0.547. The molecule has 1 aromatic heterocycles. The van der Waals surface area contributed by atoms with Crippen LogP contribution in [-0.2, 0) is 0 Å². The Morgan fingerprint density at radius 3 is 2.12 bits per heavy atom. The van der Waals surface area contributed by atoms with E-state index in [9.17, 15) is 4.79 Å². The maximum absolute atomic E-state index is 13.0. The summed E-state index contributed by atoms with van der Waals surface area (Å²) in [6.07, 6.45) is 0. The van der Waals surface area contributed by atoms with Crippen LogP contribution in [0.4, 0.5) is 5.82 Å². The SMILES string of the molecule is COc1cc(OC)cc(C(=O)N2CCN(c3cc(Oc4ccccc4)nc(C)n3)CC2)c1. The van der Waals surface area contributed by atoms with Crippen molar-refractivity contribution in [3.63, 3.8) is 0 Å². The van der Waals surface area contributed by atoms with Gasteiger partial charge in [0.25, 0.3) is 5.91 Å². The van der Waals surface area contributed by atoms with Crippen molar-refractivity contribution in [1.82, 2.24) is 14.9 Å². The third kappa shape index (κ3) is 4.91. The Morgan fingerprint density at radius 1 is 0.844 bits per heavy atom. The predicted molar refractivity (Wildman–Crippen MR) is 121 cm³/mol. The van der Waals surface area contributed by atoms with Crippen LogP contribution in [0.25, 0.3) is 0 Å². The lowest BCUT2D eigenvalue weighted by Gasteiger charge is -2.35. The molecule has 0 radical (unpaired) electrons. The highest BCUT2D eigenvalue weighted by atomic mass is 16.5. The fourth-order valence-corrected chi connectivity index (χ4v) is 3.60. The zero-order valence-corrected chi connectivity index (χ0v) is 18.4. The van der Waals surface area contributed by atoms with Crippen LogP contribution in [-0.4, -0.2) is 61.2 Å². The fraction of sp³-hybridized carbons (Fsp3) is 0.292. The van der Waals surface area contributed by atoms with Gasteiger partial charge in [-0.1, -0.05) is 18.2 Å². The van der Waals surface area contributed by atoms with E-state index in [-0.39, 0.29) is 5.91 Å². The Balaban J connectivity index is 1.44. The molecule has 8 nitrogen and oxygen atoms in total. The molecule has 0 N–H and O–H groups in total. The highest BCUT2D eigenvalue weighted by molar-refractivity contribution is 5.95. The molecule has 3 aromatic rings. The average Bonchev–Trinajstić information content (AvgIpc) is 2.83. The number of rotatable bonds is 6. The Kier molecular flexibility index (Phi) is 6.39. The van der Waals surface area contributed by atoms with Crippen molar-refractivity contribution in [2.24, 2.45) is 0 Å². The zero-order chi connectivity index (χ0) is 22.5. The molecule has 2 aromatic carbocycles. The largest absolute Gasteiger partial charge is 0.497 e. The van der Waals surface area contributed by atoms with Gasteiger partial charge in [-0.3, -0.25) is 4.79 Å². The van der Waals surface area contributed by atoms with Gasteiger partial charge in [0.2, 0.25) is 5.88 Å². The van der Waals surface area contributed by atoms with E-state index in [0.717, 1.165) is 11.6 Å². The predicted octanol–water partition coefficient (Wildman–Crippen LogP) is 3.56. The minimum atomic E-state index is -0.0474. The first-order chi connectivity index (χ1) is 15.6. The number of nitrogens with zero attached hydrogens (tertiary/aromatic N) is 4. The molecule has 4 rings (SSSR count). The lowest BCUT2D eigenvalue weighted by molar-refractivity contribution is 0.0745. The van der Waals surface area contributed by atoms with Gasteiger partial charge in [-0.2, -0.15) is 4.98 Å². The standard InChI is InChI=1S/C24H26N4O4/c1-17-25-22(16-23(26-17)32-19-7-5-4-6-8-19)27-9-11-28(12-10-27)24(29)18-13-20(30-2)15-21(14-18)31-3/h4-8,13-16H,9-12H2,1-3H3. The third-order valence-corrected chi connectivity index (χ3v) is 5.26. The Bertz CT molecular complexity index is 1060. The fourth-order valence-electron chi connectivity index (χ4n) is 3.60. The normalized spacial score (nSPS) is 13.6. The van der Waals surface area contributed by atoms with Crippen LogP contribution in [0.3, 0.4) is 0 Å². The lowest BCUT2D eigenvalue weighted by Crippen LogP contribution is -2.49. The lowest BCUT2D eigenvalue weighted by atomic mass is 10.1. The van der Waals surface area contributed by atoms with Gasteiger partial charge in [-0.05, 0) is 31.2 Å². The second-order valence-corrected chi connectivity index (χ2v) is 7.41.